The summed E-state index contributed by atoms with van der Waals surface area (Å²) in [7, 11) is 0. The highest BCUT2D eigenvalue weighted by Gasteiger charge is 2.27. The number of ether oxygens (including phenoxy) is 3. The first-order chi connectivity index (χ1) is 22.3. The van der Waals surface area contributed by atoms with Gasteiger partial charge >= 0.3 is 5.97 Å². The molecule has 0 N–H and O–H groups in total. The molecule has 0 amide bonds. The molecule has 3 aromatic heterocycles. The van der Waals surface area contributed by atoms with E-state index in [1.807, 2.05) is 75.5 Å². The molecular weight excluding hydrogens is 578 g/mol. The van der Waals surface area contributed by atoms with Gasteiger partial charge in [-0.1, -0.05) is 30.3 Å². The fraction of sp³-hybridized carbons (Fsp3) is 0.405. The molecule has 9 nitrogen and oxygen atoms in total. The first-order valence-electron chi connectivity index (χ1n) is 16.3. The molecule has 0 bridgehead atoms. The Balaban J connectivity index is 1.02. The van der Waals surface area contributed by atoms with Crippen LogP contribution in [-0.2, 0) is 29.2 Å². The van der Waals surface area contributed by atoms with Gasteiger partial charge in [-0.05, 0) is 88.8 Å². The number of rotatable bonds is 9. The number of hydrogen-bond donors (Lipinski definition) is 0. The van der Waals surface area contributed by atoms with E-state index in [1.54, 1.807) is 0 Å². The first kappa shape index (κ1) is 30.3. The van der Waals surface area contributed by atoms with Gasteiger partial charge in [0.15, 0.2) is 0 Å². The van der Waals surface area contributed by atoms with Crippen LogP contribution in [0, 0.1) is 0 Å². The Morgan fingerprint density at radius 2 is 1.80 bits per heavy atom. The molecule has 0 saturated carbocycles. The van der Waals surface area contributed by atoms with Gasteiger partial charge in [0.1, 0.15) is 18.0 Å². The van der Waals surface area contributed by atoms with Gasteiger partial charge in [0.25, 0.3) is 0 Å². The summed E-state index contributed by atoms with van der Waals surface area (Å²) in [6.07, 6.45) is 5.05. The third-order valence-corrected chi connectivity index (χ3v) is 8.87. The summed E-state index contributed by atoms with van der Waals surface area (Å²) in [5, 5.41) is 2.26. The summed E-state index contributed by atoms with van der Waals surface area (Å²) in [6, 6.07) is 22.0. The number of hydrogen-bond acceptors (Lipinski definition) is 8. The molecule has 46 heavy (non-hydrogen) atoms. The van der Waals surface area contributed by atoms with E-state index in [0.29, 0.717) is 24.0 Å². The number of aromatic nitrogens is 4. The first-order valence-corrected chi connectivity index (χ1v) is 16.3. The number of likely N-dealkylation sites (tertiary alicyclic amines) is 1. The lowest BCUT2D eigenvalue weighted by Crippen LogP contribution is -2.35. The monoisotopic (exact) mass is 619 g/mol. The summed E-state index contributed by atoms with van der Waals surface area (Å²) in [5.41, 5.74) is 3.81. The van der Waals surface area contributed by atoms with Gasteiger partial charge in [-0.15, -0.1) is 0 Å². The van der Waals surface area contributed by atoms with Crippen molar-refractivity contribution in [3.63, 3.8) is 0 Å². The predicted molar refractivity (Wildman–Crippen MR) is 177 cm³/mol. The third kappa shape index (κ3) is 6.76. The number of carbonyl (C=O) groups is 1. The number of piperidine rings is 1. The van der Waals surface area contributed by atoms with E-state index in [2.05, 4.69) is 32.7 Å². The number of fused-ring (bicyclic) bond motifs is 2. The number of esters is 1. The maximum absolute atomic E-state index is 12.8. The molecule has 0 unspecified atom stereocenters. The van der Waals surface area contributed by atoms with Gasteiger partial charge in [-0.25, -0.2) is 14.8 Å². The number of nitrogens with zero attached hydrogens (tertiary/aromatic N) is 5. The largest absolute Gasteiger partial charge is 0.471 e. The second-order valence-corrected chi connectivity index (χ2v) is 13.3. The topological polar surface area (TPSA) is 91.6 Å². The van der Waals surface area contributed by atoms with Crippen molar-refractivity contribution in [2.45, 2.75) is 77.4 Å². The van der Waals surface area contributed by atoms with Crippen molar-refractivity contribution in [1.82, 2.24) is 24.4 Å². The zero-order valence-electron chi connectivity index (χ0n) is 26.8. The van der Waals surface area contributed by atoms with E-state index in [9.17, 15) is 4.79 Å². The van der Waals surface area contributed by atoms with Crippen molar-refractivity contribution in [3.8, 4) is 5.88 Å². The number of pyridine rings is 2. The van der Waals surface area contributed by atoms with Crippen LogP contribution in [0.1, 0.15) is 73.5 Å². The van der Waals surface area contributed by atoms with Crippen LogP contribution in [0.15, 0.2) is 72.9 Å². The standard InChI is InChI=1S/C37H41N5O4/c1-37(2,3)46-36(43)27-11-12-31-33(21-27)42(22-28-16-20-44-28)34(39-31)23-41-18-14-26(15-19-41)30-9-6-10-35(40-30)45-24-32-29-8-5-4-7-25(29)13-17-38-32/h4-13,17,21,26,28H,14-16,18-20,22-24H2,1-3H3/t28-/m0/s1. The summed E-state index contributed by atoms with van der Waals surface area (Å²) in [5.74, 6) is 1.68. The van der Waals surface area contributed by atoms with Crippen molar-refractivity contribution < 1.29 is 19.0 Å². The van der Waals surface area contributed by atoms with Crippen molar-refractivity contribution in [1.29, 1.82) is 0 Å². The smallest absolute Gasteiger partial charge is 0.338 e. The summed E-state index contributed by atoms with van der Waals surface area (Å²) < 4.78 is 19.8. The van der Waals surface area contributed by atoms with E-state index in [-0.39, 0.29) is 12.1 Å². The normalized spacial score (nSPS) is 17.7. The zero-order chi connectivity index (χ0) is 31.7. The van der Waals surface area contributed by atoms with Crippen molar-refractivity contribution in [2.24, 2.45) is 0 Å². The average molecular weight is 620 g/mol. The van der Waals surface area contributed by atoms with Crippen molar-refractivity contribution >= 4 is 27.8 Å². The molecule has 0 spiro atoms. The number of carbonyl (C=O) groups excluding carboxylic acids is 1. The molecule has 2 aliphatic heterocycles. The highest BCUT2D eigenvalue weighted by Crippen LogP contribution is 2.30. The molecule has 2 aliphatic rings. The fourth-order valence-electron chi connectivity index (χ4n) is 6.36. The van der Waals surface area contributed by atoms with E-state index in [1.165, 1.54) is 0 Å². The predicted octanol–water partition coefficient (Wildman–Crippen LogP) is 6.68. The molecule has 2 fully saturated rings. The van der Waals surface area contributed by atoms with E-state index < -0.39 is 5.60 Å². The Labute approximate surface area is 269 Å². The Kier molecular flexibility index (Phi) is 8.44. The molecule has 5 heterocycles. The molecule has 0 aliphatic carbocycles. The highest BCUT2D eigenvalue weighted by atomic mass is 16.6. The van der Waals surface area contributed by atoms with Gasteiger partial charge in [-0.2, -0.15) is 0 Å². The molecule has 7 rings (SSSR count). The SMILES string of the molecule is CC(C)(C)OC(=O)c1ccc2nc(CN3CCC(c4cccc(OCc5nccc6ccccc56)n4)CC3)n(C[C@@H]3CCO3)c2c1. The summed E-state index contributed by atoms with van der Waals surface area (Å²) >= 11 is 0. The molecule has 2 saturated heterocycles. The Morgan fingerprint density at radius 1 is 0.978 bits per heavy atom. The van der Waals surface area contributed by atoms with Crippen LogP contribution in [0.5, 0.6) is 5.88 Å². The Hall–Kier alpha value is -4.34. The number of benzene rings is 2. The van der Waals surface area contributed by atoms with Crippen LogP contribution in [0.2, 0.25) is 0 Å². The second-order valence-electron chi connectivity index (χ2n) is 13.3. The van der Waals surface area contributed by atoms with Crippen LogP contribution in [0.25, 0.3) is 21.8 Å². The van der Waals surface area contributed by atoms with Crippen LogP contribution < -0.4 is 4.74 Å². The zero-order valence-corrected chi connectivity index (χ0v) is 26.8. The maximum Gasteiger partial charge on any atom is 0.338 e. The molecule has 238 valence electrons. The minimum absolute atomic E-state index is 0.170. The lowest BCUT2D eigenvalue weighted by molar-refractivity contribution is -0.0592. The van der Waals surface area contributed by atoms with Gasteiger partial charge in [0.2, 0.25) is 5.88 Å². The van der Waals surface area contributed by atoms with Gasteiger partial charge in [0.05, 0.1) is 41.5 Å². The number of imidazole rings is 1. The lowest BCUT2D eigenvalue weighted by atomic mass is 9.93. The maximum atomic E-state index is 12.8. The van der Waals surface area contributed by atoms with E-state index in [4.69, 9.17) is 24.2 Å². The lowest BCUT2D eigenvalue weighted by Gasteiger charge is -2.32. The van der Waals surface area contributed by atoms with E-state index in [0.717, 1.165) is 91.1 Å². The molecule has 9 heteroatoms. The van der Waals surface area contributed by atoms with Gasteiger partial charge < -0.3 is 18.8 Å². The van der Waals surface area contributed by atoms with Crippen LogP contribution in [0.3, 0.4) is 0 Å². The average Bonchev–Trinajstić information content (AvgIpc) is 3.37. The molecule has 5 aromatic rings. The molecule has 2 aromatic carbocycles. The van der Waals surface area contributed by atoms with Gasteiger partial charge in [-0.3, -0.25) is 9.88 Å². The quantitative estimate of drug-likeness (QED) is 0.169. The minimum atomic E-state index is -0.553. The molecular formula is C37H41N5O4. The fourth-order valence-corrected chi connectivity index (χ4v) is 6.36. The molecule has 0 radical (unpaired) electrons. The minimum Gasteiger partial charge on any atom is -0.471 e. The molecule has 1 atom stereocenters. The van der Waals surface area contributed by atoms with Crippen LogP contribution in [0.4, 0.5) is 0 Å². The van der Waals surface area contributed by atoms with E-state index >= 15 is 0 Å². The third-order valence-electron chi connectivity index (χ3n) is 8.87. The Morgan fingerprint density at radius 3 is 2.59 bits per heavy atom. The van der Waals surface area contributed by atoms with Crippen LogP contribution in [-0.4, -0.2) is 61.8 Å². The second kappa shape index (κ2) is 12.8. The summed E-state index contributed by atoms with van der Waals surface area (Å²) in [4.78, 5) is 29.8. The van der Waals surface area contributed by atoms with Crippen LogP contribution >= 0.6 is 0 Å². The van der Waals surface area contributed by atoms with Crippen molar-refractivity contribution in [2.75, 3.05) is 19.7 Å². The van der Waals surface area contributed by atoms with Gasteiger partial charge in [0, 0.05) is 35.9 Å². The summed E-state index contributed by atoms with van der Waals surface area (Å²) in [6.45, 7) is 10.2. The van der Waals surface area contributed by atoms with Crippen molar-refractivity contribution in [3.05, 3.63) is 95.7 Å². The highest BCUT2D eigenvalue weighted by molar-refractivity contribution is 5.94. The Bertz CT molecular complexity index is 1850.